The predicted octanol–water partition coefficient (Wildman–Crippen LogP) is 3.01. The van der Waals surface area contributed by atoms with Gasteiger partial charge in [-0.15, -0.1) is 0 Å². The first kappa shape index (κ1) is 21.6. The van der Waals surface area contributed by atoms with E-state index in [0.29, 0.717) is 44.2 Å². The van der Waals surface area contributed by atoms with E-state index in [2.05, 4.69) is 10.3 Å². The molecule has 0 saturated carbocycles. The summed E-state index contributed by atoms with van der Waals surface area (Å²) in [5.74, 6) is -2.19. The predicted molar refractivity (Wildman–Crippen MR) is 115 cm³/mol. The number of fused-ring (bicyclic) bond motifs is 1. The van der Waals surface area contributed by atoms with Crippen LogP contribution in [0.2, 0.25) is 0 Å². The average Bonchev–Trinajstić information content (AvgIpc) is 3.01. The van der Waals surface area contributed by atoms with Crippen LogP contribution in [-0.2, 0) is 4.79 Å². The van der Waals surface area contributed by atoms with Gasteiger partial charge in [-0.05, 0) is 30.7 Å². The molecule has 9 heteroatoms. The summed E-state index contributed by atoms with van der Waals surface area (Å²) in [5.41, 5.74) is 0.546. The van der Waals surface area contributed by atoms with E-state index in [0.717, 1.165) is 11.5 Å². The standard InChI is InChI=1S/C23H22F2N4O3/c24-16-6-8-18(17(25)13-16)26-21(31)14-28-9-2-10-29(12-11-28)23(32)19-7-5-15-3-1-4-20(30)22(15)27-19/h1,3-8,13,30H,2,9-12,14H2,(H,26,31). The van der Waals surface area contributed by atoms with Crippen molar-refractivity contribution in [2.45, 2.75) is 6.42 Å². The molecule has 2 heterocycles. The van der Waals surface area contributed by atoms with E-state index < -0.39 is 17.5 Å². The smallest absolute Gasteiger partial charge is 0.272 e. The monoisotopic (exact) mass is 440 g/mol. The number of amides is 2. The number of halogens is 2. The zero-order valence-electron chi connectivity index (χ0n) is 17.2. The average molecular weight is 440 g/mol. The SMILES string of the molecule is O=C(CN1CCCN(C(=O)c2ccc3cccc(O)c3n2)CC1)Nc1ccc(F)cc1F. The fraction of sp³-hybridized carbons (Fsp3) is 0.261. The molecule has 2 aromatic carbocycles. The van der Waals surface area contributed by atoms with Crippen molar-refractivity contribution in [3.05, 3.63) is 65.9 Å². The van der Waals surface area contributed by atoms with Gasteiger partial charge in [-0.2, -0.15) is 0 Å². The molecule has 1 saturated heterocycles. The number of para-hydroxylation sites is 1. The Kier molecular flexibility index (Phi) is 6.27. The number of benzene rings is 2. The van der Waals surface area contributed by atoms with Crippen LogP contribution in [0.4, 0.5) is 14.5 Å². The van der Waals surface area contributed by atoms with E-state index >= 15 is 0 Å². The molecule has 32 heavy (non-hydrogen) atoms. The van der Waals surface area contributed by atoms with Gasteiger partial charge in [0.1, 0.15) is 28.6 Å². The molecule has 2 N–H and O–H groups in total. The largest absolute Gasteiger partial charge is 0.506 e. The van der Waals surface area contributed by atoms with Gasteiger partial charge < -0.3 is 15.3 Å². The van der Waals surface area contributed by atoms with Gasteiger partial charge in [0.05, 0.1) is 12.2 Å². The van der Waals surface area contributed by atoms with E-state index in [1.807, 2.05) is 11.0 Å². The molecule has 1 fully saturated rings. The number of carbonyl (C=O) groups excluding carboxylic acids is 2. The van der Waals surface area contributed by atoms with Crippen LogP contribution in [-0.4, -0.2) is 64.4 Å². The molecule has 0 aliphatic carbocycles. The third-order valence-electron chi connectivity index (χ3n) is 5.37. The molecule has 3 aromatic rings. The summed E-state index contributed by atoms with van der Waals surface area (Å²) in [6.07, 6.45) is 0.656. The Labute approximate surface area is 183 Å². The van der Waals surface area contributed by atoms with Gasteiger partial charge in [-0.3, -0.25) is 14.5 Å². The molecule has 0 unspecified atom stereocenters. The molecule has 0 spiro atoms. The number of hydrogen-bond acceptors (Lipinski definition) is 5. The first-order valence-electron chi connectivity index (χ1n) is 10.3. The van der Waals surface area contributed by atoms with Gasteiger partial charge in [0.2, 0.25) is 5.91 Å². The molecule has 1 aliphatic heterocycles. The number of carbonyl (C=O) groups is 2. The van der Waals surface area contributed by atoms with Gasteiger partial charge in [-0.1, -0.05) is 18.2 Å². The number of nitrogens with one attached hydrogen (secondary N) is 1. The topological polar surface area (TPSA) is 85.8 Å². The highest BCUT2D eigenvalue weighted by molar-refractivity contribution is 5.96. The Morgan fingerprint density at radius 1 is 1.03 bits per heavy atom. The molecule has 7 nitrogen and oxygen atoms in total. The quantitative estimate of drug-likeness (QED) is 0.652. The Morgan fingerprint density at radius 3 is 2.69 bits per heavy atom. The van der Waals surface area contributed by atoms with E-state index in [4.69, 9.17) is 0 Å². The number of phenols is 1. The summed E-state index contributed by atoms with van der Waals surface area (Å²) in [6.45, 7) is 1.99. The lowest BCUT2D eigenvalue weighted by Gasteiger charge is -2.21. The number of phenolic OH excluding ortho intramolecular Hbond substituents is 1. The Morgan fingerprint density at radius 2 is 1.88 bits per heavy atom. The summed E-state index contributed by atoms with van der Waals surface area (Å²) in [6, 6.07) is 11.4. The van der Waals surface area contributed by atoms with Gasteiger partial charge in [-0.25, -0.2) is 13.8 Å². The number of aromatic nitrogens is 1. The summed E-state index contributed by atoms with van der Waals surface area (Å²) in [4.78, 5) is 33.1. The molecule has 2 amide bonds. The summed E-state index contributed by atoms with van der Waals surface area (Å²) in [5, 5.41) is 13.2. The number of hydrogen-bond donors (Lipinski definition) is 2. The van der Waals surface area contributed by atoms with Crippen molar-refractivity contribution in [2.24, 2.45) is 0 Å². The summed E-state index contributed by atoms with van der Waals surface area (Å²) < 4.78 is 26.8. The van der Waals surface area contributed by atoms with Crippen molar-refractivity contribution < 1.29 is 23.5 Å². The lowest BCUT2D eigenvalue weighted by atomic mass is 10.2. The van der Waals surface area contributed by atoms with Crippen LogP contribution < -0.4 is 5.32 Å². The fourth-order valence-electron chi connectivity index (χ4n) is 3.73. The second-order valence-corrected chi connectivity index (χ2v) is 7.64. The fourth-order valence-corrected chi connectivity index (χ4v) is 3.73. The molecule has 1 aliphatic rings. The molecular weight excluding hydrogens is 418 g/mol. The Bertz CT molecular complexity index is 1170. The number of pyridine rings is 1. The Hall–Kier alpha value is -3.59. The number of nitrogens with zero attached hydrogens (tertiary/aromatic N) is 3. The molecule has 0 bridgehead atoms. The third-order valence-corrected chi connectivity index (χ3v) is 5.37. The van der Waals surface area contributed by atoms with Crippen LogP contribution in [0.5, 0.6) is 5.75 Å². The van der Waals surface area contributed by atoms with Gasteiger partial charge in [0.15, 0.2) is 0 Å². The van der Waals surface area contributed by atoms with Crippen LogP contribution in [0.1, 0.15) is 16.9 Å². The van der Waals surface area contributed by atoms with Crippen LogP contribution >= 0.6 is 0 Å². The maximum Gasteiger partial charge on any atom is 0.272 e. The molecular formula is C23H22F2N4O3. The minimum absolute atomic E-state index is 0.0165. The van der Waals surface area contributed by atoms with Crippen LogP contribution in [0.25, 0.3) is 10.9 Å². The molecule has 1 aromatic heterocycles. The molecule has 0 radical (unpaired) electrons. The number of rotatable bonds is 4. The minimum atomic E-state index is -0.833. The second-order valence-electron chi connectivity index (χ2n) is 7.64. The highest BCUT2D eigenvalue weighted by atomic mass is 19.1. The van der Waals surface area contributed by atoms with E-state index in [9.17, 15) is 23.5 Å². The van der Waals surface area contributed by atoms with Crippen molar-refractivity contribution in [1.82, 2.24) is 14.8 Å². The summed E-state index contributed by atoms with van der Waals surface area (Å²) in [7, 11) is 0. The zero-order chi connectivity index (χ0) is 22.7. The Balaban J connectivity index is 1.37. The van der Waals surface area contributed by atoms with Crippen molar-refractivity contribution in [2.75, 3.05) is 38.0 Å². The second kappa shape index (κ2) is 9.27. The van der Waals surface area contributed by atoms with Crippen molar-refractivity contribution in [3.63, 3.8) is 0 Å². The van der Waals surface area contributed by atoms with Crippen molar-refractivity contribution >= 4 is 28.4 Å². The van der Waals surface area contributed by atoms with Crippen molar-refractivity contribution in [3.8, 4) is 5.75 Å². The maximum absolute atomic E-state index is 13.7. The van der Waals surface area contributed by atoms with E-state index in [1.165, 1.54) is 12.1 Å². The van der Waals surface area contributed by atoms with Gasteiger partial charge in [0, 0.05) is 37.6 Å². The van der Waals surface area contributed by atoms with Crippen molar-refractivity contribution in [1.29, 1.82) is 0 Å². The highest BCUT2D eigenvalue weighted by Gasteiger charge is 2.23. The molecule has 4 rings (SSSR count). The third kappa shape index (κ3) is 4.83. The molecule has 0 atom stereocenters. The normalized spacial score (nSPS) is 14.9. The molecule has 166 valence electrons. The van der Waals surface area contributed by atoms with Crippen LogP contribution in [0.15, 0.2) is 48.5 Å². The van der Waals surface area contributed by atoms with E-state index in [-0.39, 0.29) is 29.6 Å². The number of aromatic hydroxyl groups is 1. The maximum atomic E-state index is 13.7. The van der Waals surface area contributed by atoms with E-state index in [1.54, 1.807) is 23.1 Å². The summed E-state index contributed by atoms with van der Waals surface area (Å²) >= 11 is 0. The van der Waals surface area contributed by atoms with Crippen LogP contribution in [0.3, 0.4) is 0 Å². The van der Waals surface area contributed by atoms with Crippen LogP contribution in [0, 0.1) is 11.6 Å². The van der Waals surface area contributed by atoms with Gasteiger partial charge >= 0.3 is 0 Å². The zero-order valence-corrected chi connectivity index (χ0v) is 17.2. The minimum Gasteiger partial charge on any atom is -0.506 e. The lowest BCUT2D eigenvalue weighted by Crippen LogP contribution is -2.38. The number of anilines is 1. The highest BCUT2D eigenvalue weighted by Crippen LogP contribution is 2.23. The first-order valence-corrected chi connectivity index (χ1v) is 10.3. The first-order chi connectivity index (χ1) is 15.4. The lowest BCUT2D eigenvalue weighted by molar-refractivity contribution is -0.117. The van der Waals surface area contributed by atoms with Gasteiger partial charge in [0.25, 0.3) is 5.91 Å².